The zero-order valence-electron chi connectivity index (χ0n) is 10.1. The van der Waals surface area contributed by atoms with Crippen LogP contribution in [-0.4, -0.2) is 20.7 Å². The molecule has 0 bridgehead atoms. The highest BCUT2D eigenvalue weighted by molar-refractivity contribution is 7.93. The molecule has 1 aliphatic heterocycles. The van der Waals surface area contributed by atoms with Crippen molar-refractivity contribution in [3.8, 4) is 0 Å². The van der Waals surface area contributed by atoms with Crippen LogP contribution in [0.2, 0.25) is 0 Å². The molecule has 2 unspecified atom stereocenters. The van der Waals surface area contributed by atoms with E-state index in [1.165, 1.54) is 4.31 Å². The molecular formula is C12H18N2O2S. The Kier molecular flexibility index (Phi) is 3.14. The molecule has 94 valence electrons. The third kappa shape index (κ3) is 2.45. The van der Waals surface area contributed by atoms with E-state index >= 15 is 0 Å². The average Bonchev–Trinajstić information content (AvgIpc) is 2.52. The van der Waals surface area contributed by atoms with E-state index in [0.29, 0.717) is 6.54 Å². The van der Waals surface area contributed by atoms with E-state index in [9.17, 15) is 8.42 Å². The van der Waals surface area contributed by atoms with E-state index in [4.69, 9.17) is 5.73 Å². The van der Waals surface area contributed by atoms with Gasteiger partial charge in [0.05, 0.1) is 11.4 Å². The van der Waals surface area contributed by atoms with Gasteiger partial charge >= 0.3 is 0 Å². The Labute approximate surface area is 102 Å². The minimum atomic E-state index is -3.12. The minimum Gasteiger partial charge on any atom is -0.324 e. The van der Waals surface area contributed by atoms with Crippen LogP contribution in [-0.2, 0) is 10.0 Å². The second kappa shape index (κ2) is 4.31. The van der Waals surface area contributed by atoms with E-state index in [2.05, 4.69) is 0 Å². The average molecular weight is 254 g/mol. The molecule has 0 radical (unpaired) electrons. The quantitative estimate of drug-likeness (QED) is 0.869. The number of anilines is 1. The Balaban J connectivity index is 2.29. The summed E-state index contributed by atoms with van der Waals surface area (Å²) in [5.74, 6) is 0.426. The van der Waals surface area contributed by atoms with E-state index in [-0.39, 0.29) is 17.7 Å². The smallest absolute Gasteiger partial charge is 0.235 e. The van der Waals surface area contributed by atoms with Crippen molar-refractivity contribution in [2.75, 3.05) is 16.6 Å². The topological polar surface area (TPSA) is 63.4 Å². The van der Waals surface area contributed by atoms with Crippen molar-refractivity contribution < 1.29 is 8.42 Å². The molecule has 0 aromatic heterocycles. The number of benzene rings is 1. The summed E-state index contributed by atoms with van der Waals surface area (Å²) in [4.78, 5) is 0. The normalized spacial score (nSPS) is 24.9. The van der Waals surface area contributed by atoms with Gasteiger partial charge in [-0.05, 0) is 30.5 Å². The zero-order valence-corrected chi connectivity index (χ0v) is 10.9. The number of hydrogen-bond donors (Lipinski definition) is 1. The summed E-state index contributed by atoms with van der Waals surface area (Å²) in [6.07, 6.45) is 0. The van der Waals surface area contributed by atoms with Crippen molar-refractivity contribution in [3.05, 3.63) is 29.8 Å². The molecule has 0 amide bonds. The number of nitrogens with two attached hydrogens (primary N) is 1. The molecule has 4 nitrogen and oxygen atoms in total. The first-order chi connectivity index (χ1) is 7.90. The lowest BCUT2D eigenvalue weighted by molar-refractivity contribution is 0.598. The van der Waals surface area contributed by atoms with Gasteiger partial charge in [0.25, 0.3) is 0 Å². The first-order valence-electron chi connectivity index (χ1n) is 5.76. The van der Waals surface area contributed by atoms with Crippen molar-refractivity contribution in [1.82, 2.24) is 0 Å². The molecule has 1 fully saturated rings. The van der Waals surface area contributed by atoms with Gasteiger partial charge in [-0.2, -0.15) is 0 Å². The van der Waals surface area contributed by atoms with Gasteiger partial charge in [-0.1, -0.05) is 19.1 Å². The molecule has 1 heterocycles. The largest absolute Gasteiger partial charge is 0.324 e. The summed E-state index contributed by atoms with van der Waals surface area (Å²) in [7, 11) is -3.12. The van der Waals surface area contributed by atoms with Crippen molar-refractivity contribution in [3.63, 3.8) is 0 Å². The summed E-state index contributed by atoms with van der Waals surface area (Å²) >= 11 is 0. The maximum absolute atomic E-state index is 11.9. The Morgan fingerprint density at radius 1 is 1.35 bits per heavy atom. The SMILES string of the molecule is CC1CN(c2ccc(C(C)N)cc2)S(=O)(=O)C1. The number of sulfonamides is 1. The summed E-state index contributed by atoms with van der Waals surface area (Å²) in [6, 6.07) is 7.40. The predicted octanol–water partition coefficient (Wildman–Crippen LogP) is 1.49. The van der Waals surface area contributed by atoms with Crippen LogP contribution in [0.1, 0.15) is 25.5 Å². The molecular weight excluding hydrogens is 236 g/mol. The lowest BCUT2D eigenvalue weighted by Gasteiger charge is -2.17. The highest BCUT2D eigenvalue weighted by Crippen LogP contribution is 2.27. The van der Waals surface area contributed by atoms with Crippen molar-refractivity contribution in [1.29, 1.82) is 0 Å². The maximum Gasteiger partial charge on any atom is 0.235 e. The van der Waals surface area contributed by atoms with Crippen LogP contribution in [0, 0.1) is 5.92 Å². The second-order valence-corrected chi connectivity index (χ2v) is 6.73. The van der Waals surface area contributed by atoms with Gasteiger partial charge in [-0.3, -0.25) is 4.31 Å². The lowest BCUT2D eigenvalue weighted by Crippen LogP contribution is -2.25. The van der Waals surface area contributed by atoms with Crippen LogP contribution < -0.4 is 10.0 Å². The van der Waals surface area contributed by atoms with Gasteiger partial charge in [0, 0.05) is 12.6 Å². The number of hydrogen-bond acceptors (Lipinski definition) is 3. The van der Waals surface area contributed by atoms with Crippen LogP contribution in [0.3, 0.4) is 0 Å². The Bertz CT molecular complexity index is 494. The van der Waals surface area contributed by atoms with Gasteiger partial charge in [-0.25, -0.2) is 8.42 Å². The molecule has 2 atom stereocenters. The van der Waals surface area contributed by atoms with E-state index in [1.54, 1.807) is 0 Å². The standard InChI is InChI=1S/C12H18N2O2S/c1-9-7-14(17(15,16)8-9)12-5-3-11(4-6-12)10(2)13/h3-6,9-10H,7-8,13H2,1-2H3. The molecule has 17 heavy (non-hydrogen) atoms. The molecule has 1 aromatic rings. The number of rotatable bonds is 2. The van der Waals surface area contributed by atoms with E-state index < -0.39 is 10.0 Å². The van der Waals surface area contributed by atoms with Crippen LogP contribution in [0.15, 0.2) is 24.3 Å². The summed E-state index contributed by atoms with van der Waals surface area (Å²) in [5.41, 5.74) is 7.51. The molecule has 5 heteroatoms. The number of nitrogens with zero attached hydrogens (tertiary/aromatic N) is 1. The monoisotopic (exact) mass is 254 g/mol. The first kappa shape index (κ1) is 12.4. The van der Waals surface area contributed by atoms with E-state index in [1.807, 2.05) is 38.1 Å². The lowest BCUT2D eigenvalue weighted by atomic mass is 10.1. The maximum atomic E-state index is 11.9. The molecule has 2 N–H and O–H groups in total. The van der Waals surface area contributed by atoms with Crippen LogP contribution in [0.25, 0.3) is 0 Å². The molecule has 1 aromatic carbocycles. The second-order valence-electron chi connectivity index (χ2n) is 4.80. The van der Waals surface area contributed by atoms with Gasteiger partial charge in [0.15, 0.2) is 0 Å². The van der Waals surface area contributed by atoms with E-state index in [0.717, 1.165) is 11.3 Å². The summed E-state index contributed by atoms with van der Waals surface area (Å²) < 4.78 is 25.3. The van der Waals surface area contributed by atoms with Gasteiger partial charge in [-0.15, -0.1) is 0 Å². The molecule has 0 aliphatic carbocycles. The molecule has 0 spiro atoms. The zero-order chi connectivity index (χ0) is 12.6. The fourth-order valence-electron chi connectivity index (χ4n) is 2.11. The Hall–Kier alpha value is -1.07. The van der Waals surface area contributed by atoms with Crippen LogP contribution >= 0.6 is 0 Å². The molecule has 0 saturated carbocycles. The van der Waals surface area contributed by atoms with Gasteiger partial charge in [0.2, 0.25) is 10.0 Å². The van der Waals surface area contributed by atoms with Crippen molar-refractivity contribution in [2.45, 2.75) is 19.9 Å². The molecule has 1 saturated heterocycles. The minimum absolute atomic E-state index is 0.0295. The van der Waals surface area contributed by atoms with Crippen molar-refractivity contribution in [2.24, 2.45) is 11.7 Å². The van der Waals surface area contributed by atoms with Crippen LogP contribution in [0.4, 0.5) is 5.69 Å². The predicted molar refractivity (Wildman–Crippen MR) is 69.3 cm³/mol. The Morgan fingerprint density at radius 2 is 1.94 bits per heavy atom. The van der Waals surface area contributed by atoms with Gasteiger partial charge < -0.3 is 5.73 Å². The third-order valence-electron chi connectivity index (χ3n) is 3.02. The Morgan fingerprint density at radius 3 is 2.35 bits per heavy atom. The van der Waals surface area contributed by atoms with Gasteiger partial charge in [0.1, 0.15) is 0 Å². The summed E-state index contributed by atoms with van der Waals surface area (Å²) in [5, 5.41) is 0. The molecule has 1 aliphatic rings. The fraction of sp³-hybridized carbons (Fsp3) is 0.500. The highest BCUT2D eigenvalue weighted by atomic mass is 32.2. The van der Waals surface area contributed by atoms with Crippen molar-refractivity contribution >= 4 is 15.7 Å². The third-order valence-corrected chi connectivity index (χ3v) is 5.04. The molecule has 2 rings (SSSR count). The highest BCUT2D eigenvalue weighted by Gasteiger charge is 2.33. The summed E-state index contributed by atoms with van der Waals surface area (Å²) in [6.45, 7) is 4.43. The fourth-order valence-corrected chi connectivity index (χ4v) is 4.04. The van der Waals surface area contributed by atoms with Crippen LogP contribution in [0.5, 0.6) is 0 Å². The first-order valence-corrected chi connectivity index (χ1v) is 7.37.